The Balaban J connectivity index is 0.000000204. The van der Waals surface area contributed by atoms with Gasteiger partial charge in [-0.2, -0.15) is 0 Å². The molecule has 0 spiro atoms. The Morgan fingerprint density at radius 3 is 1.79 bits per heavy atom. The van der Waals surface area contributed by atoms with E-state index in [0.29, 0.717) is 108 Å². The van der Waals surface area contributed by atoms with Gasteiger partial charge in [0.2, 0.25) is 0 Å². The number of carbonyl (C=O) groups is 6. The number of nitrogens with zero attached hydrogens (tertiary/aromatic N) is 9. The van der Waals surface area contributed by atoms with E-state index < -0.39 is 54.2 Å². The number of aromatic nitrogens is 2. The number of carboxylic acids is 2. The highest BCUT2D eigenvalue weighted by Gasteiger charge is 2.43. The van der Waals surface area contributed by atoms with E-state index in [1.165, 1.54) is 53.4 Å². The third-order valence-electron chi connectivity index (χ3n) is 14.5. The van der Waals surface area contributed by atoms with Crippen LogP contribution >= 0.6 is 61.8 Å². The normalized spacial score (nSPS) is 20.0. The Kier molecular flexibility index (Phi) is 24.8. The van der Waals surface area contributed by atoms with Gasteiger partial charge in [0, 0.05) is 116 Å². The van der Waals surface area contributed by atoms with Gasteiger partial charge in [0.25, 0.3) is 0 Å². The maximum absolute atomic E-state index is 14.6. The molecular weight excluding hydrogens is 1270 g/mol. The summed E-state index contributed by atoms with van der Waals surface area (Å²) in [7, 11) is 0. The number of piperazine rings is 1. The number of carbonyl (C=O) groups excluding carboxylic acids is 4. The molecule has 2 aromatic carbocycles. The number of thiazole rings is 2. The second-order valence-corrected chi connectivity index (χ2v) is 23.1. The van der Waals surface area contributed by atoms with Crippen molar-refractivity contribution >= 4 is 109 Å². The average Bonchev–Trinajstić information content (AvgIpc) is 2.03. The number of amides is 4. The average molecular weight is 1340 g/mol. The van der Waals surface area contributed by atoms with E-state index >= 15 is 0 Å². The highest BCUT2D eigenvalue weighted by atomic mass is 79.9. The molecular formula is C57H67BrCl2F2N11O11S2-. The molecule has 4 fully saturated rings. The van der Waals surface area contributed by atoms with Crippen LogP contribution < -0.4 is 10.6 Å². The second-order valence-electron chi connectivity index (χ2n) is 20.0. The van der Waals surface area contributed by atoms with Crippen LogP contribution in [0.2, 0.25) is 10.0 Å². The minimum absolute atomic E-state index is 0. The van der Waals surface area contributed by atoms with Crippen LogP contribution in [0, 0.1) is 19.1 Å². The van der Waals surface area contributed by atoms with E-state index in [-0.39, 0.29) is 73.0 Å². The maximum Gasteiger partial charge on any atom is 0.338 e. The lowest BCUT2D eigenvalue weighted by Crippen LogP contribution is -2.53. The van der Waals surface area contributed by atoms with Crippen LogP contribution in [0.25, 0.3) is 0 Å². The molecule has 29 heteroatoms. The van der Waals surface area contributed by atoms with Crippen LogP contribution in [0.15, 0.2) is 92.1 Å². The van der Waals surface area contributed by atoms with E-state index in [2.05, 4.69) is 46.4 Å². The molecule has 22 nitrogen and oxygen atoms in total. The number of amidine groups is 2. The van der Waals surface area contributed by atoms with Crippen molar-refractivity contribution in [2.75, 3.05) is 90.7 Å². The van der Waals surface area contributed by atoms with Crippen molar-refractivity contribution in [2.45, 2.75) is 76.5 Å². The van der Waals surface area contributed by atoms with E-state index in [1.54, 1.807) is 48.2 Å². The predicted molar refractivity (Wildman–Crippen MR) is 325 cm³/mol. The molecule has 464 valence electrons. The number of hydrogen-bond donors (Lipinski definition) is 4. The van der Waals surface area contributed by atoms with Gasteiger partial charge in [-0.25, -0.2) is 42.7 Å². The first-order valence-electron chi connectivity index (χ1n) is 27.6. The number of aliphatic imine (C=N–C) groups is 2. The Hall–Kier alpha value is -6.62. The number of piperidine rings is 1. The summed E-state index contributed by atoms with van der Waals surface area (Å²) in [5.74, 6) is -3.20. The summed E-state index contributed by atoms with van der Waals surface area (Å²) in [4.78, 5) is 99.4. The molecule has 6 aliphatic heterocycles. The number of benzene rings is 2. The molecule has 0 aliphatic carbocycles. The van der Waals surface area contributed by atoms with E-state index in [0.717, 1.165) is 32.4 Å². The number of fused-ring (bicyclic) bond motifs is 2. The molecule has 4 amide bonds. The lowest BCUT2D eigenvalue weighted by atomic mass is 9.95. The molecule has 0 saturated carbocycles. The first kappa shape index (κ1) is 66.9. The Labute approximate surface area is 523 Å². The van der Waals surface area contributed by atoms with Gasteiger partial charge in [-0.15, -0.1) is 22.7 Å². The standard InChI is InChI=1S/C27H30ClFN6O6S.C17H14BrClFN3O2S.C12H20N2O3.CH3/c1-2-41-26(38)21-19(14-33-7-8-35-16(12-33)13-34(27(35)39)9-10-40-15-20(36)37)31-24(25-30-6-11-42-25)32-23(21)17-4-3-5-18(29)22(17)28;1-2-25-17(24)12-11(8-18)22-15(16-21-6-7-26-16)23-14(12)9-4-3-5-10(20)13(9)19;15-11(16)6-2-3-7-13-9-10-5-1-4-8-14(10)12(13)17;/h3-6,11,16,23H,2,7-10,12-15H2,1H3,(H,31,32)(H,36,37);3-7,14H,2,8H2,1H3,(H,22,23);10H,1-9H2,(H,15,16);1H3/q;;;-1/t16?,23-;14-;;/m00../s1. The summed E-state index contributed by atoms with van der Waals surface area (Å²) >= 11 is 18.7. The van der Waals surface area contributed by atoms with Crippen molar-refractivity contribution in [3.63, 3.8) is 0 Å². The topological polar surface area (TPSA) is 261 Å². The van der Waals surface area contributed by atoms with Gasteiger partial charge < -0.3 is 62.1 Å². The van der Waals surface area contributed by atoms with Crippen LogP contribution in [-0.2, 0) is 33.4 Å². The fourth-order valence-corrected chi connectivity index (χ4v) is 12.7. The zero-order valence-electron chi connectivity index (χ0n) is 47.5. The Morgan fingerprint density at radius 2 is 1.27 bits per heavy atom. The number of carboxylic acid groups (broad SMARTS) is 2. The number of unbranched alkanes of at least 4 members (excludes halogenated alkanes) is 1. The molecule has 10 rings (SSSR count). The lowest BCUT2D eigenvalue weighted by molar-refractivity contribution is -0.142. The summed E-state index contributed by atoms with van der Waals surface area (Å²) in [6.45, 7) is 8.56. The molecule has 4 atom stereocenters. The molecule has 2 aromatic heterocycles. The third-order valence-corrected chi connectivity index (χ3v) is 17.4. The number of esters is 2. The monoisotopic (exact) mass is 1330 g/mol. The van der Waals surface area contributed by atoms with Gasteiger partial charge >= 0.3 is 35.9 Å². The molecule has 8 heterocycles. The first-order valence-corrected chi connectivity index (χ1v) is 31.2. The summed E-state index contributed by atoms with van der Waals surface area (Å²) in [5, 5.41) is 28.7. The van der Waals surface area contributed by atoms with Gasteiger partial charge in [-0.05, 0) is 58.1 Å². The van der Waals surface area contributed by atoms with Crippen molar-refractivity contribution in [1.29, 1.82) is 0 Å². The van der Waals surface area contributed by atoms with Crippen molar-refractivity contribution in [3.8, 4) is 0 Å². The van der Waals surface area contributed by atoms with Gasteiger partial charge in [0.1, 0.15) is 30.3 Å². The van der Waals surface area contributed by atoms with Gasteiger partial charge in [0.05, 0.1) is 53.1 Å². The van der Waals surface area contributed by atoms with Crippen LogP contribution in [0.4, 0.5) is 18.4 Å². The van der Waals surface area contributed by atoms with Crippen molar-refractivity contribution in [2.24, 2.45) is 9.98 Å². The fourth-order valence-electron chi connectivity index (χ4n) is 10.6. The number of urea groups is 2. The zero-order chi connectivity index (χ0) is 60.7. The zero-order valence-corrected chi connectivity index (χ0v) is 52.3. The number of aliphatic carboxylic acids is 2. The summed E-state index contributed by atoms with van der Waals surface area (Å²) < 4.78 is 44.3. The summed E-state index contributed by atoms with van der Waals surface area (Å²) in [6, 6.07) is 7.48. The van der Waals surface area contributed by atoms with Crippen molar-refractivity contribution in [3.05, 3.63) is 132 Å². The van der Waals surface area contributed by atoms with Crippen LogP contribution in [0.3, 0.4) is 0 Å². The third kappa shape index (κ3) is 16.5. The molecule has 0 radical (unpaired) electrons. The molecule has 4 saturated heterocycles. The Morgan fingerprint density at radius 1 is 0.721 bits per heavy atom. The maximum atomic E-state index is 14.6. The SMILES string of the molecule is CCOC(=O)C1=C(CBr)NC(c2nccs2)=N[C@H]1c1cccc(F)c1Cl.CCOC(=O)C1=C(CN2CCN3C(=O)N(CCOCC(=O)O)CC3C2)NC(c2nccs2)=N[C@H]1c1cccc(F)c1Cl.O=C(O)CCCCN1CC2CCCCN2C1=O.[CH3-]. The quantitative estimate of drug-likeness (QED) is 0.0263. The number of rotatable bonds is 21. The Bertz CT molecular complexity index is 3200. The number of hydrogen-bond acceptors (Lipinski definition) is 18. The fraction of sp³-hybridized carbons (Fsp3) is 0.456. The molecule has 6 aliphatic rings. The number of halogens is 5. The van der Waals surface area contributed by atoms with Crippen LogP contribution in [0.5, 0.6) is 0 Å². The highest BCUT2D eigenvalue weighted by Crippen LogP contribution is 2.40. The van der Waals surface area contributed by atoms with E-state index in [1.807, 2.05) is 20.6 Å². The van der Waals surface area contributed by atoms with Gasteiger partial charge in [-0.1, -0.05) is 63.4 Å². The lowest BCUT2D eigenvalue weighted by Gasteiger charge is -2.38. The number of nitrogens with one attached hydrogen (secondary N) is 2. The minimum Gasteiger partial charge on any atom is -0.481 e. The number of alkyl halides is 1. The van der Waals surface area contributed by atoms with Crippen molar-refractivity contribution < 1.29 is 62.0 Å². The summed E-state index contributed by atoms with van der Waals surface area (Å²) in [5.41, 5.74) is 2.36. The minimum atomic E-state index is -1.06. The van der Waals surface area contributed by atoms with E-state index in [9.17, 15) is 37.5 Å². The largest absolute Gasteiger partial charge is 0.481 e. The highest BCUT2D eigenvalue weighted by molar-refractivity contribution is 9.09. The van der Waals surface area contributed by atoms with Crippen LogP contribution in [0.1, 0.15) is 85.6 Å². The molecule has 2 unspecified atom stereocenters. The number of allylic oxidation sites excluding steroid dienone is 1. The molecule has 0 bridgehead atoms. The molecule has 4 aromatic rings. The van der Waals surface area contributed by atoms with E-state index in [4.69, 9.17) is 52.6 Å². The molecule has 86 heavy (non-hydrogen) atoms. The molecule has 4 N–H and O–H groups in total. The van der Waals surface area contributed by atoms with Crippen LogP contribution in [-0.4, -0.2) is 195 Å². The van der Waals surface area contributed by atoms with Gasteiger partial charge in [0.15, 0.2) is 21.7 Å². The smallest absolute Gasteiger partial charge is 0.338 e. The summed E-state index contributed by atoms with van der Waals surface area (Å²) in [6.07, 6.45) is 8.42. The predicted octanol–water partition coefficient (Wildman–Crippen LogP) is 8.59. The van der Waals surface area contributed by atoms with Gasteiger partial charge in [-0.3, -0.25) is 19.7 Å². The number of ether oxygens (including phenoxy) is 3. The van der Waals surface area contributed by atoms with Crippen molar-refractivity contribution in [1.82, 2.24) is 45.1 Å². The second kappa shape index (κ2) is 31.9. The first-order chi connectivity index (χ1) is 41.0.